The van der Waals surface area contributed by atoms with Crippen molar-refractivity contribution in [2.45, 2.75) is 27.3 Å². The quantitative estimate of drug-likeness (QED) is 0.915. The second-order valence-corrected chi connectivity index (χ2v) is 5.01. The number of pyridine rings is 1. The zero-order chi connectivity index (χ0) is 14.0. The predicted molar refractivity (Wildman–Crippen MR) is 80.8 cm³/mol. The Morgan fingerprint density at radius 2 is 1.84 bits per heavy atom. The molecule has 0 spiro atoms. The summed E-state index contributed by atoms with van der Waals surface area (Å²) in [5, 5.41) is 0. The molecule has 0 aliphatic carbocycles. The highest BCUT2D eigenvalue weighted by Crippen LogP contribution is 2.30. The lowest BCUT2D eigenvalue weighted by molar-refractivity contribution is 1.01. The monoisotopic (exact) mass is 255 g/mol. The van der Waals surface area contributed by atoms with Gasteiger partial charge in [-0.1, -0.05) is 17.7 Å². The van der Waals surface area contributed by atoms with E-state index in [9.17, 15) is 0 Å². The lowest BCUT2D eigenvalue weighted by Gasteiger charge is -2.24. The van der Waals surface area contributed by atoms with Gasteiger partial charge in [0.2, 0.25) is 0 Å². The third kappa shape index (κ3) is 2.76. The van der Waals surface area contributed by atoms with Gasteiger partial charge in [-0.3, -0.25) is 4.98 Å². The van der Waals surface area contributed by atoms with Crippen LogP contribution in [0.1, 0.15) is 22.4 Å². The summed E-state index contributed by atoms with van der Waals surface area (Å²) in [6.07, 6.45) is 1.87. The molecule has 0 unspecified atom stereocenters. The molecule has 0 bridgehead atoms. The molecule has 0 fully saturated rings. The van der Waals surface area contributed by atoms with E-state index in [-0.39, 0.29) is 0 Å². The molecule has 0 radical (unpaired) electrons. The average Bonchev–Trinajstić information content (AvgIpc) is 2.38. The second kappa shape index (κ2) is 5.41. The predicted octanol–water partition coefficient (Wildman–Crippen LogP) is 3.23. The van der Waals surface area contributed by atoms with Crippen LogP contribution >= 0.6 is 0 Å². The summed E-state index contributed by atoms with van der Waals surface area (Å²) in [4.78, 5) is 6.50. The van der Waals surface area contributed by atoms with Crippen molar-refractivity contribution in [3.05, 3.63) is 52.8 Å². The smallest absolute Gasteiger partial charge is 0.0487 e. The van der Waals surface area contributed by atoms with Crippen LogP contribution in [0.2, 0.25) is 0 Å². The minimum atomic E-state index is 0.498. The van der Waals surface area contributed by atoms with Gasteiger partial charge in [-0.15, -0.1) is 0 Å². The van der Waals surface area contributed by atoms with E-state index in [1.165, 1.54) is 16.8 Å². The van der Waals surface area contributed by atoms with Crippen LogP contribution in [0.15, 0.2) is 30.5 Å². The second-order valence-electron chi connectivity index (χ2n) is 5.01. The Morgan fingerprint density at radius 1 is 1.11 bits per heavy atom. The number of benzene rings is 1. The van der Waals surface area contributed by atoms with Crippen LogP contribution in [0.4, 0.5) is 11.4 Å². The highest BCUT2D eigenvalue weighted by molar-refractivity contribution is 5.68. The molecule has 2 N–H and O–H groups in total. The molecule has 0 aliphatic rings. The van der Waals surface area contributed by atoms with Gasteiger partial charge in [-0.2, -0.15) is 0 Å². The fraction of sp³-hybridized carbons (Fsp3) is 0.312. The molecule has 1 heterocycles. The molecular formula is C16H21N3. The fourth-order valence-electron chi connectivity index (χ4n) is 2.35. The molecule has 3 nitrogen and oxygen atoms in total. The highest BCUT2D eigenvalue weighted by Gasteiger charge is 2.11. The lowest BCUT2D eigenvalue weighted by Crippen LogP contribution is -2.15. The first-order chi connectivity index (χ1) is 9.02. The summed E-state index contributed by atoms with van der Waals surface area (Å²) >= 11 is 0. The number of nitrogens with two attached hydrogens (primary N) is 1. The summed E-state index contributed by atoms with van der Waals surface area (Å²) in [6.45, 7) is 6.74. The van der Waals surface area contributed by atoms with Crippen molar-refractivity contribution in [2.24, 2.45) is 5.73 Å². The summed E-state index contributed by atoms with van der Waals surface area (Å²) in [5.41, 5.74) is 12.7. The van der Waals surface area contributed by atoms with E-state index >= 15 is 0 Å². The van der Waals surface area contributed by atoms with Crippen molar-refractivity contribution in [2.75, 3.05) is 11.9 Å². The fourth-order valence-corrected chi connectivity index (χ4v) is 2.35. The van der Waals surface area contributed by atoms with E-state index in [2.05, 4.69) is 55.0 Å². The standard InChI is InChI=1S/C16H21N3/c1-11-5-6-15(12(2)7-11)19(4)16-8-13(3)18-10-14(16)9-17/h5-8,10H,9,17H2,1-4H3. The maximum atomic E-state index is 5.81. The zero-order valence-corrected chi connectivity index (χ0v) is 12.1. The van der Waals surface area contributed by atoms with Gasteiger partial charge < -0.3 is 10.6 Å². The summed E-state index contributed by atoms with van der Waals surface area (Å²) in [5.74, 6) is 0. The van der Waals surface area contributed by atoms with Crippen LogP contribution in [0, 0.1) is 20.8 Å². The minimum Gasteiger partial charge on any atom is -0.344 e. The number of anilines is 2. The summed E-state index contributed by atoms with van der Waals surface area (Å²) in [7, 11) is 2.08. The molecular weight excluding hydrogens is 234 g/mol. The van der Waals surface area contributed by atoms with Crippen molar-refractivity contribution in [1.29, 1.82) is 0 Å². The van der Waals surface area contributed by atoms with Gasteiger partial charge in [0.15, 0.2) is 0 Å². The Balaban J connectivity index is 2.49. The average molecular weight is 255 g/mol. The summed E-state index contributed by atoms with van der Waals surface area (Å²) < 4.78 is 0. The minimum absolute atomic E-state index is 0.498. The third-order valence-electron chi connectivity index (χ3n) is 3.39. The molecule has 0 saturated heterocycles. The first-order valence-electron chi connectivity index (χ1n) is 6.49. The van der Waals surface area contributed by atoms with Crippen molar-refractivity contribution in [1.82, 2.24) is 4.98 Å². The largest absolute Gasteiger partial charge is 0.344 e. The Hall–Kier alpha value is -1.87. The van der Waals surface area contributed by atoms with Crippen molar-refractivity contribution in [3.63, 3.8) is 0 Å². The van der Waals surface area contributed by atoms with Gasteiger partial charge >= 0.3 is 0 Å². The number of hydrogen-bond acceptors (Lipinski definition) is 3. The van der Waals surface area contributed by atoms with Gasteiger partial charge in [0.05, 0.1) is 0 Å². The van der Waals surface area contributed by atoms with Crippen LogP contribution in [0.3, 0.4) is 0 Å². The first kappa shape index (κ1) is 13.6. The summed E-state index contributed by atoms with van der Waals surface area (Å²) in [6, 6.07) is 8.57. The lowest BCUT2D eigenvalue weighted by atomic mass is 10.1. The molecule has 2 aromatic rings. The van der Waals surface area contributed by atoms with E-state index < -0.39 is 0 Å². The molecule has 100 valence electrons. The van der Waals surface area contributed by atoms with E-state index in [0.29, 0.717) is 6.54 Å². The van der Waals surface area contributed by atoms with Crippen LogP contribution in [-0.2, 0) is 6.54 Å². The highest BCUT2D eigenvalue weighted by atomic mass is 15.1. The molecule has 0 saturated carbocycles. The molecule has 19 heavy (non-hydrogen) atoms. The SMILES string of the molecule is Cc1ccc(N(C)c2cc(C)ncc2CN)c(C)c1. The van der Waals surface area contributed by atoms with Gasteiger partial charge in [-0.25, -0.2) is 0 Å². The number of rotatable bonds is 3. The zero-order valence-electron chi connectivity index (χ0n) is 12.1. The molecule has 0 atom stereocenters. The Bertz CT molecular complexity index is 591. The van der Waals surface area contributed by atoms with Crippen LogP contribution < -0.4 is 10.6 Å². The maximum absolute atomic E-state index is 5.81. The normalized spacial score (nSPS) is 10.6. The molecule has 0 amide bonds. The van der Waals surface area contributed by atoms with Crippen LogP contribution in [0.5, 0.6) is 0 Å². The van der Waals surface area contributed by atoms with E-state index in [0.717, 1.165) is 16.9 Å². The maximum Gasteiger partial charge on any atom is 0.0487 e. The molecule has 2 rings (SSSR count). The molecule has 1 aromatic carbocycles. The van der Waals surface area contributed by atoms with Gasteiger partial charge in [0, 0.05) is 42.4 Å². The van der Waals surface area contributed by atoms with Gasteiger partial charge in [0.1, 0.15) is 0 Å². The van der Waals surface area contributed by atoms with Crippen LogP contribution in [0.25, 0.3) is 0 Å². The number of nitrogens with zero attached hydrogens (tertiary/aromatic N) is 2. The first-order valence-corrected chi connectivity index (χ1v) is 6.49. The third-order valence-corrected chi connectivity index (χ3v) is 3.39. The van der Waals surface area contributed by atoms with Crippen molar-refractivity contribution >= 4 is 11.4 Å². The van der Waals surface area contributed by atoms with Gasteiger partial charge in [-0.05, 0) is 38.5 Å². The number of aromatic nitrogens is 1. The van der Waals surface area contributed by atoms with E-state index in [1.54, 1.807) is 0 Å². The molecule has 0 aliphatic heterocycles. The molecule has 3 heteroatoms. The number of aryl methyl sites for hydroxylation is 3. The van der Waals surface area contributed by atoms with Crippen LogP contribution in [-0.4, -0.2) is 12.0 Å². The Morgan fingerprint density at radius 3 is 2.47 bits per heavy atom. The molecule has 1 aromatic heterocycles. The Labute approximate surface area is 115 Å². The number of hydrogen-bond donors (Lipinski definition) is 1. The van der Waals surface area contributed by atoms with Crippen molar-refractivity contribution in [3.8, 4) is 0 Å². The Kier molecular flexibility index (Phi) is 3.86. The topological polar surface area (TPSA) is 42.2 Å². The van der Waals surface area contributed by atoms with E-state index in [1.807, 2.05) is 13.1 Å². The van der Waals surface area contributed by atoms with E-state index in [4.69, 9.17) is 5.73 Å². The van der Waals surface area contributed by atoms with Crippen molar-refractivity contribution < 1.29 is 0 Å². The van der Waals surface area contributed by atoms with Gasteiger partial charge in [0.25, 0.3) is 0 Å².